The van der Waals surface area contributed by atoms with Crippen molar-refractivity contribution in [3.8, 4) is 0 Å². The molecule has 0 bridgehead atoms. The van der Waals surface area contributed by atoms with Crippen molar-refractivity contribution in [2.45, 2.75) is 6.54 Å². The molecule has 72 valence electrons. The van der Waals surface area contributed by atoms with Crippen molar-refractivity contribution in [2.75, 3.05) is 11.5 Å². The van der Waals surface area contributed by atoms with Crippen LogP contribution in [-0.2, 0) is 6.54 Å². The molecule has 1 heterocycles. The molecule has 0 atom stereocenters. The summed E-state index contributed by atoms with van der Waals surface area (Å²) in [6, 6.07) is 9.89. The van der Waals surface area contributed by atoms with Crippen LogP contribution < -0.4 is 11.5 Å². The Morgan fingerprint density at radius 2 is 1.57 bits per heavy atom. The molecule has 1 aromatic carbocycles. The van der Waals surface area contributed by atoms with E-state index >= 15 is 0 Å². The van der Waals surface area contributed by atoms with Gasteiger partial charge in [-0.2, -0.15) is 0 Å². The molecule has 0 aliphatic carbocycles. The fourth-order valence-corrected chi connectivity index (χ4v) is 1.26. The highest BCUT2D eigenvalue weighted by atomic mass is 15.4. The lowest BCUT2D eigenvalue weighted by Gasteiger charge is -2.04. The average Bonchev–Trinajstić information content (AvgIpc) is 2.51. The maximum atomic E-state index is 5.60. The standard InChI is InChI=1S/C9H11N5/c10-8-12-13-9(11)14(8)6-7-4-2-1-3-5-7/h1-5H,6H2,(H2,10,12)(H2,11,13). The summed E-state index contributed by atoms with van der Waals surface area (Å²) in [4.78, 5) is 0. The third kappa shape index (κ3) is 1.52. The lowest BCUT2D eigenvalue weighted by Crippen LogP contribution is -2.07. The molecular formula is C9H11N5. The molecule has 0 fully saturated rings. The molecular weight excluding hydrogens is 178 g/mol. The molecule has 1 aromatic heterocycles. The van der Waals surface area contributed by atoms with Gasteiger partial charge in [0.2, 0.25) is 11.9 Å². The molecule has 0 saturated heterocycles. The van der Waals surface area contributed by atoms with Crippen LogP contribution in [0.2, 0.25) is 0 Å². The average molecular weight is 189 g/mol. The van der Waals surface area contributed by atoms with Gasteiger partial charge < -0.3 is 11.5 Å². The van der Waals surface area contributed by atoms with Crippen LogP contribution in [0, 0.1) is 0 Å². The lowest BCUT2D eigenvalue weighted by atomic mass is 10.2. The Morgan fingerprint density at radius 3 is 2.14 bits per heavy atom. The van der Waals surface area contributed by atoms with E-state index in [0.29, 0.717) is 18.4 Å². The fraction of sp³-hybridized carbons (Fsp3) is 0.111. The van der Waals surface area contributed by atoms with E-state index in [-0.39, 0.29) is 0 Å². The van der Waals surface area contributed by atoms with Crippen LogP contribution in [0.25, 0.3) is 0 Å². The highest BCUT2D eigenvalue weighted by molar-refractivity contribution is 5.31. The smallest absolute Gasteiger partial charge is 0.223 e. The zero-order valence-electron chi connectivity index (χ0n) is 7.59. The van der Waals surface area contributed by atoms with Crippen LogP contribution in [0.5, 0.6) is 0 Å². The Hall–Kier alpha value is -2.04. The summed E-state index contributed by atoms with van der Waals surface area (Å²) in [5.74, 6) is 0.678. The topological polar surface area (TPSA) is 82.8 Å². The molecule has 0 amide bonds. The number of nitrogens with zero attached hydrogens (tertiary/aromatic N) is 3. The van der Waals surface area contributed by atoms with Gasteiger partial charge in [-0.3, -0.25) is 4.57 Å². The number of hydrogen-bond acceptors (Lipinski definition) is 4. The summed E-state index contributed by atoms with van der Waals surface area (Å²) in [7, 11) is 0. The summed E-state index contributed by atoms with van der Waals surface area (Å²) in [5, 5.41) is 7.36. The minimum Gasteiger partial charge on any atom is -0.368 e. The van der Waals surface area contributed by atoms with Gasteiger partial charge in [-0.15, -0.1) is 10.2 Å². The first-order valence-corrected chi connectivity index (χ1v) is 4.25. The zero-order valence-corrected chi connectivity index (χ0v) is 7.59. The number of nitrogens with two attached hydrogens (primary N) is 2. The van der Waals surface area contributed by atoms with Crippen LogP contribution in [0.15, 0.2) is 30.3 Å². The second kappa shape index (κ2) is 3.37. The van der Waals surface area contributed by atoms with Crippen LogP contribution >= 0.6 is 0 Å². The van der Waals surface area contributed by atoms with E-state index in [4.69, 9.17) is 11.5 Å². The molecule has 0 spiro atoms. The Labute approximate surface area is 81.4 Å². The van der Waals surface area contributed by atoms with Gasteiger partial charge in [0, 0.05) is 0 Å². The van der Waals surface area contributed by atoms with Gasteiger partial charge in [-0.1, -0.05) is 30.3 Å². The monoisotopic (exact) mass is 189 g/mol. The molecule has 0 radical (unpaired) electrons. The van der Waals surface area contributed by atoms with Gasteiger partial charge in [0.15, 0.2) is 0 Å². The molecule has 0 aliphatic rings. The Morgan fingerprint density at radius 1 is 1.00 bits per heavy atom. The number of nitrogen functional groups attached to an aromatic ring is 2. The quantitative estimate of drug-likeness (QED) is 0.720. The highest BCUT2D eigenvalue weighted by Gasteiger charge is 2.05. The van der Waals surface area contributed by atoms with Gasteiger partial charge in [-0.25, -0.2) is 0 Å². The molecule has 0 aliphatic heterocycles. The van der Waals surface area contributed by atoms with E-state index in [1.807, 2.05) is 30.3 Å². The van der Waals surface area contributed by atoms with E-state index in [0.717, 1.165) is 5.56 Å². The predicted octanol–water partition coefficient (Wildman–Crippen LogP) is 0.491. The minimum absolute atomic E-state index is 0.339. The van der Waals surface area contributed by atoms with Crippen LogP contribution in [0.3, 0.4) is 0 Å². The van der Waals surface area contributed by atoms with E-state index in [1.54, 1.807) is 4.57 Å². The fourth-order valence-electron chi connectivity index (χ4n) is 1.26. The molecule has 5 nitrogen and oxygen atoms in total. The van der Waals surface area contributed by atoms with Gasteiger partial charge in [0.05, 0.1) is 6.54 Å². The molecule has 0 saturated carbocycles. The third-order valence-electron chi connectivity index (χ3n) is 1.99. The van der Waals surface area contributed by atoms with Crippen molar-refractivity contribution >= 4 is 11.9 Å². The van der Waals surface area contributed by atoms with Crippen LogP contribution in [-0.4, -0.2) is 14.8 Å². The third-order valence-corrected chi connectivity index (χ3v) is 1.99. The van der Waals surface area contributed by atoms with Gasteiger partial charge in [-0.05, 0) is 5.56 Å². The maximum absolute atomic E-state index is 5.60. The molecule has 4 N–H and O–H groups in total. The van der Waals surface area contributed by atoms with Gasteiger partial charge >= 0.3 is 0 Å². The number of benzene rings is 1. The lowest BCUT2D eigenvalue weighted by molar-refractivity contribution is 0.819. The summed E-state index contributed by atoms with van der Waals surface area (Å²) < 4.78 is 1.66. The maximum Gasteiger partial charge on any atom is 0.223 e. The second-order valence-corrected chi connectivity index (χ2v) is 2.99. The van der Waals surface area contributed by atoms with E-state index in [9.17, 15) is 0 Å². The van der Waals surface area contributed by atoms with E-state index in [1.165, 1.54) is 0 Å². The molecule has 0 unspecified atom stereocenters. The molecule has 14 heavy (non-hydrogen) atoms. The summed E-state index contributed by atoms with van der Waals surface area (Å²) in [6.45, 7) is 0.603. The SMILES string of the molecule is Nc1nnc(N)n1Cc1ccccc1. The summed E-state index contributed by atoms with van der Waals surface area (Å²) in [6.07, 6.45) is 0. The number of aromatic nitrogens is 3. The normalized spacial score (nSPS) is 10.3. The second-order valence-electron chi connectivity index (χ2n) is 2.99. The van der Waals surface area contributed by atoms with Crippen molar-refractivity contribution in [1.29, 1.82) is 0 Å². The van der Waals surface area contributed by atoms with Gasteiger partial charge in [0.25, 0.3) is 0 Å². The van der Waals surface area contributed by atoms with E-state index in [2.05, 4.69) is 10.2 Å². The number of rotatable bonds is 2. The highest BCUT2D eigenvalue weighted by Crippen LogP contribution is 2.09. The molecule has 2 aromatic rings. The van der Waals surface area contributed by atoms with Crippen molar-refractivity contribution in [2.24, 2.45) is 0 Å². The van der Waals surface area contributed by atoms with E-state index < -0.39 is 0 Å². The first kappa shape index (κ1) is 8.55. The summed E-state index contributed by atoms with van der Waals surface area (Å²) in [5.41, 5.74) is 12.3. The Kier molecular flexibility index (Phi) is 2.06. The van der Waals surface area contributed by atoms with Crippen LogP contribution in [0.4, 0.5) is 11.9 Å². The van der Waals surface area contributed by atoms with Crippen molar-refractivity contribution in [3.05, 3.63) is 35.9 Å². The Bertz CT molecular complexity index is 401. The number of anilines is 2. The Balaban J connectivity index is 2.27. The molecule has 2 rings (SSSR count). The van der Waals surface area contributed by atoms with Crippen molar-refractivity contribution in [3.63, 3.8) is 0 Å². The van der Waals surface area contributed by atoms with Crippen molar-refractivity contribution < 1.29 is 0 Å². The number of hydrogen-bond donors (Lipinski definition) is 2. The van der Waals surface area contributed by atoms with Crippen molar-refractivity contribution in [1.82, 2.24) is 14.8 Å². The van der Waals surface area contributed by atoms with Crippen LogP contribution in [0.1, 0.15) is 5.56 Å². The first-order valence-electron chi connectivity index (χ1n) is 4.25. The predicted molar refractivity (Wildman–Crippen MR) is 54.4 cm³/mol. The summed E-state index contributed by atoms with van der Waals surface area (Å²) >= 11 is 0. The van der Waals surface area contributed by atoms with Gasteiger partial charge in [0.1, 0.15) is 0 Å². The largest absolute Gasteiger partial charge is 0.368 e. The minimum atomic E-state index is 0.339. The zero-order chi connectivity index (χ0) is 9.97. The first-order chi connectivity index (χ1) is 6.77. The molecule has 5 heteroatoms.